The minimum Gasteiger partial charge on any atom is -0.317 e. The number of hydrogen-bond donors (Lipinski definition) is 1. The quantitative estimate of drug-likeness (QED) is 0.303. The Labute approximate surface area is 132 Å². The van der Waals surface area contributed by atoms with Crippen LogP contribution in [0.5, 0.6) is 0 Å². The van der Waals surface area contributed by atoms with Gasteiger partial charge in [-0.05, 0) is 6.08 Å². The molecule has 2 aromatic rings. The lowest BCUT2D eigenvalue weighted by molar-refractivity contribution is -0.112. The minimum atomic E-state index is -2.34. The van der Waals surface area contributed by atoms with Gasteiger partial charge in [-0.2, -0.15) is 0 Å². The van der Waals surface area contributed by atoms with Gasteiger partial charge in [0, 0.05) is 11.6 Å². The zero-order valence-corrected chi connectivity index (χ0v) is 11.7. The summed E-state index contributed by atoms with van der Waals surface area (Å²) in [4.78, 5) is 23.2. The van der Waals surface area contributed by atoms with E-state index in [1.54, 1.807) is 18.2 Å². The van der Waals surface area contributed by atoms with Gasteiger partial charge in [0.1, 0.15) is 5.69 Å². The van der Waals surface area contributed by atoms with Crippen molar-refractivity contribution < 1.29 is 31.5 Å². The molecule has 0 fully saturated rings. The Morgan fingerprint density at radius 2 is 1.25 bits per heavy atom. The van der Waals surface area contributed by atoms with Crippen molar-refractivity contribution in [3.05, 3.63) is 77.1 Å². The summed E-state index contributed by atoms with van der Waals surface area (Å²) in [5, 5.41) is 1.52. The molecule has 124 valence electrons. The van der Waals surface area contributed by atoms with E-state index in [1.165, 1.54) is 17.4 Å². The number of benzene rings is 2. The first-order valence-corrected chi connectivity index (χ1v) is 6.42. The van der Waals surface area contributed by atoms with Crippen molar-refractivity contribution in [2.24, 2.45) is 0 Å². The van der Waals surface area contributed by atoms with Crippen molar-refractivity contribution in [3.8, 4) is 0 Å². The van der Waals surface area contributed by atoms with Gasteiger partial charge in [-0.15, -0.1) is 0 Å². The van der Waals surface area contributed by atoms with E-state index in [1.807, 2.05) is 0 Å². The van der Waals surface area contributed by atoms with Crippen molar-refractivity contribution in [1.29, 1.82) is 0 Å². The second kappa shape index (κ2) is 7.03. The lowest BCUT2D eigenvalue weighted by atomic mass is 10.1. The van der Waals surface area contributed by atoms with Crippen LogP contribution in [0.25, 0.3) is 0 Å². The van der Waals surface area contributed by atoms with Crippen molar-refractivity contribution >= 4 is 17.4 Å². The Balaban J connectivity index is 2.19. The first-order valence-electron chi connectivity index (χ1n) is 6.42. The predicted molar refractivity (Wildman–Crippen MR) is 74.8 cm³/mol. The van der Waals surface area contributed by atoms with Crippen molar-refractivity contribution in [2.45, 2.75) is 0 Å². The van der Waals surface area contributed by atoms with E-state index in [9.17, 15) is 31.5 Å². The van der Waals surface area contributed by atoms with E-state index < -0.39 is 46.5 Å². The number of nitrogens with one attached hydrogen (secondary N) is 1. The van der Waals surface area contributed by atoms with E-state index in [0.717, 1.165) is 6.08 Å². The average Bonchev–Trinajstić information content (AvgIpc) is 2.60. The molecule has 2 rings (SSSR count). The van der Waals surface area contributed by atoms with Crippen LogP contribution in [0.4, 0.5) is 27.6 Å². The van der Waals surface area contributed by atoms with Gasteiger partial charge in [0.25, 0.3) is 0 Å². The fraction of sp³-hybridized carbons (Fsp3) is 0. The number of amides is 1. The lowest BCUT2D eigenvalue weighted by Crippen LogP contribution is -2.15. The highest BCUT2D eigenvalue weighted by atomic mass is 19.2. The van der Waals surface area contributed by atoms with E-state index in [2.05, 4.69) is 0 Å². The molecular weight excluding hydrogens is 333 g/mol. The molecule has 2 aromatic carbocycles. The third-order valence-corrected chi connectivity index (χ3v) is 2.90. The van der Waals surface area contributed by atoms with Gasteiger partial charge in [-0.3, -0.25) is 9.59 Å². The van der Waals surface area contributed by atoms with Crippen molar-refractivity contribution in [2.75, 3.05) is 5.32 Å². The Hall–Kier alpha value is -3.03. The molecule has 0 aliphatic carbocycles. The molecule has 0 aromatic heterocycles. The van der Waals surface area contributed by atoms with Crippen LogP contribution in [0.3, 0.4) is 0 Å². The first kappa shape index (κ1) is 17.3. The Kier molecular flexibility index (Phi) is 5.08. The molecule has 0 aliphatic rings. The first-order chi connectivity index (χ1) is 11.3. The molecule has 1 amide bonds. The van der Waals surface area contributed by atoms with Gasteiger partial charge in [0.2, 0.25) is 11.7 Å². The third kappa shape index (κ3) is 3.48. The molecule has 0 radical (unpaired) electrons. The molecule has 0 saturated carbocycles. The topological polar surface area (TPSA) is 46.2 Å². The van der Waals surface area contributed by atoms with Gasteiger partial charge in [0.05, 0.1) is 0 Å². The standard InChI is InChI=1S/C16H8F5NO2/c17-11-12(18)14(20)16(15(21)13(11)19)22-10(24)7-6-9(23)8-4-2-1-3-5-8/h1-7H,(H,22,24). The maximum atomic E-state index is 13.4. The number of carbonyl (C=O) groups is 2. The zero-order chi connectivity index (χ0) is 17.9. The number of ketones is 1. The number of allylic oxidation sites excluding steroid dienone is 1. The molecule has 0 atom stereocenters. The van der Waals surface area contributed by atoms with Crippen LogP contribution in [-0.2, 0) is 4.79 Å². The maximum absolute atomic E-state index is 13.4. The molecule has 0 aliphatic heterocycles. The fourth-order valence-electron chi connectivity index (χ4n) is 1.73. The molecule has 0 heterocycles. The second-order valence-electron chi connectivity index (χ2n) is 4.50. The summed E-state index contributed by atoms with van der Waals surface area (Å²) in [7, 11) is 0. The lowest BCUT2D eigenvalue weighted by Gasteiger charge is -2.08. The van der Waals surface area contributed by atoms with Crippen LogP contribution in [0.2, 0.25) is 0 Å². The highest BCUT2D eigenvalue weighted by Gasteiger charge is 2.26. The maximum Gasteiger partial charge on any atom is 0.248 e. The van der Waals surface area contributed by atoms with Crippen LogP contribution in [-0.4, -0.2) is 11.7 Å². The Bertz CT molecular complexity index is 805. The SMILES string of the molecule is O=C(C=CC(=O)c1ccccc1)Nc1c(F)c(F)c(F)c(F)c1F. The number of rotatable bonds is 4. The van der Waals surface area contributed by atoms with Gasteiger partial charge in [0.15, 0.2) is 29.1 Å². The highest BCUT2D eigenvalue weighted by molar-refractivity contribution is 6.09. The van der Waals surface area contributed by atoms with Crippen LogP contribution in [0.15, 0.2) is 42.5 Å². The molecular formula is C16H8F5NO2. The van der Waals surface area contributed by atoms with Gasteiger partial charge in [-0.25, -0.2) is 22.0 Å². The summed E-state index contributed by atoms with van der Waals surface area (Å²) < 4.78 is 65.7. The molecule has 8 heteroatoms. The van der Waals surface area contributed by atoms with Crippen LogP contribution in [0, 0.1) is 29.1 Å². The summed E-state index contributed by atoms with van der Waals surface area (Å²) in [5.74, 6) is -12.9. The van der Waals surface area contributed by atoms with E-state index in [0.29, 0.717) is 6.08 Å². The molecule has 0 saturated heterocycles. The summed E-state index contributed by atoms with van der Waals surface area (Å²) in [5.41, 5.74) is -1.24. The average molecular weight is 341 g/mol. The number of anilines is 1. The Morgan fingerprint density at radius 1 is 0.750 bits per heavy atom. The summed E-state index contributed by atoms with van der Waals surface area (Å²) in [6.07, 6.45) is 1.42. The number of halogens is 5. The molecule has 3 nitrogen and oxygen atoms in total. The molecule has 1 N–H and O–H groups in total. The summed E-state index contributed by atoms with van der Waals surface area (Å²) >= 11 is 0. The van der Waals surface area contributed by atoms with Gasteiger partial charge >= 0.3 is 0 Å². The normalized spacial score (nSPS) is 10.9. The van der Waals surface area contributed by atoms with Crippen molar-refractivity contribution in [1.82, 2.24) is 0 Å². The summed E-state index contributed by atoms with van der Waals surface area (Å²) in [6, 6.07) is 7.76. The van der Waals surface area contributed by atoms with Gasteiger partial charge in [-0.1, -0.05) is 30.3 Å². The monoisotopic (exact) mass is 341 g/mol. The fourth-order valence-corrected chi connectivity index (χ4v) is 1.73. The molecule has 24 heavy (non-hydrogen) atoms. The predicted octanol–water partition coefficient (Wildman–Crippen LogP) is 3.76. The smallest absolute Gasteiger partial charge is 0.248 e. The van der Waals surface area contributed by atoms with Gasteiger partial charge < -0.3 is 5.32 Å². The van der Waals surface area contributed by atoms with Crippen LogP contribution in [0.1, 0.15) is 10.4 Å². The summed E-state index contributed by atoms with van der Waals surface area (Å²) in [6.45, 7) is 0. The van der Waals surface area contributed by atoms with Crippen molar-refractivity contribution in [3.63, 3.8) is 0 Å². The van der Waals surface area contributed by atoms with E-state index in [4.69, 9.17) is 0 Å². The molecule has 0 spiro atoms. The molecule has 0 unspecified atom stereocenters. The number of carbonyl (C=O) groups excluding carboxylic acids is 2. The largest absolute Gasteiger partial charge is 0.317 e. The van der Waals surface area contributed by atoms with E-state index >= 15 is 0 Å². The molecule has 0 bridgehead atoms. The second-order valence-corrected chi connectivity index (χ2v) is 4.50. The minimum absolute atomic E-state index is 0.248. The van der Waals surface area contributed by atoms with Crippen LogP contribution >= 0.6 is 0 Å². The van der Waals surface area contributed by atoms with E-state index in [-0.39, 0.29) is 5.56 Å². The van der Waals surface area contributed by atoms with Crippen LogP contribution < -0.4 is 5.32 Å². The Morgan fingerprint density at radius 3 is 1.79 bits per heavy atom. The number of hydrogen-bond acceptors (Lipinski definition) is 2. The third-order valence-electron chi connectivity index (χ3n) is 2.90. The highest BCUT2D eigenvalue weighted by Crippen LogP contribution is 2.27. The zero-order valence-electron chi connectivity index (χ0n) is 11.7.